The van der Waals surface area contributed by atoms with Crippen molar-refractivity contribution in [3.63, 3.8) is 0 Å². The van der Waals surface area contributed by atoms with E-state index >= 15 is 0 Å². The van der Waals surface area contributed by atoms with E-state index in [1.165, 1.54) is 4.88 Å². The number of nitrogens with zero attached hydrogens (tertiary/aromatic N) is 2. The highest BCUT2D eigenvalue weighted by Gasteiger charge is 2.12. The maximum atomic E-state index is 9.09. The molecule has 2 rings (SSSR count). The molecule has 0 fully saturated rings. The van der Waals surface area contributed by atoms with Crippen LogP contribution in [-0.2, 0) is 0 Å². The van der Waals surface area contributed by atoms with Gasteiger partial charge in [-0.2, -0.15) is 10.5 Å². The van der Waals surface area contributed by atoms with Gasteiger partial charge in [-0.15, -0.1) is 11.3 Å². The molecule has 0 saturated heterocycles. The van der Waals surface area contributed by atoms with Crippen molar-refractivity contribution in [1.82, 2.24) is 0 Å². The molecular weight excluding hydrogens is 242 g/mol. The van der Waals surface area contributed by atoms with E-state index in [-0.39, 0.29) is 6.04 Å². The molecule has 1 aromatic heterocycles. The Morgan fingerprint density at radius 2 is 1.78 bits per heavy atom. The second kappa shape index (κ2) is 5.35. The third-order valence-corrected chi connectivity index (χ3v) is 3.69. The summed E-state index contributed by atoms with van der Waals surface area (Å²) in [5.74, 6) is 0. The number of hydrogen-bond acceptors (Lipinski definition) is 4. The zero-order chi connectivity index (χ0) is 13.0. The molecule has 1 N–H and O–H groups in total. The first kappa shape index (κ1) is 12.2. The molecule has 0 saturated carbocycles. The van der Waals surface area contributed by atoms with E-state index in [0.29, 0.717) is 16.8 Å². The Morgan fingerprint density at radius 3 is 2.28 bits per heavy atom. The summed E-state index contributed by atoms with van der Waals surface area (Å²) in [6.07, 6.45) is 0. The average Bonchev–Trinajstić information content (AvgIpc) is 2.93. The van der Waals surface area contributed by atoms with Crippen molar-refractivity contribution >= 4 is 17.0 Å². The molecule has 88 valence electrons. The van der Waals surface area contributed by atoms with Crippen LogP contribution in [0.15, 0.2) is 35.7 Å². The van der Waals surface area contributed by atoms with Crippen molar-refractivity contribution in [1.29, 1.82) is 10.5 Å². The first-order chi connectivity index (χ1) is 8.76. The lowest BCUT2D eigenvalue weighted by Gasteiger charge is -2.15. The van der Waals surface area contributed by atoms with Gasteiger partial charge in [0, 0.05) is 4.88 Å². The Bertz CT molecular complexity index is 585. The van der Waals surface area contributed by atoms with Gasteiger partial charge in [-0.25, -0.2) is 0 Å². The summed E-state index contributed by atoms with van der Waals surface area (Å²) in [4.78, 5) is 1.17. The SMILES string of the molecule is CC(Nc1c(C#N)cccc1C#N)c1cccs1. The van der Waals surface area contributed by atoms with Gasteiger partial charge in [0.1, 0.15) is 12.1 Å². The van der Waals surface area contributed by atoms with Gasteiger partial charge in [-0.3, -0.25) is 0 Å². The smallest absolute Gasteiger partial charge is 0.101 e. The number of hydrogen-bond donors (Lipinski definition) is 1. The predicted octanol–water partition coefficient (Wildman–Crippen LogP) is 3.66. The van der Waals surface area contributed by atoms with E-state index in [1.807, 2.05) is 24.4 Å². The molecule has 1 aromatic carbocycles. The van der Waals surface area contributed by atoms with E-state index < -0.39 is 0 Å². The van der Waals surface area contributed by atoms with Crippen LogP contribution in [0.2, 0.25) is 0 Å². The second-order valence-corrected chi connectivity index (χ2v) is 4.81. The summed E-state index contributed by atoms with van der Waals surface area (Å²) < 4.78 is 0. The summed E-state index contributed by atoms with van der Waals surface area (Å²) in [5.41, 5.74) is 1.61. The van der Waals surface area contributed by atoms with Crippen LogP contribution in [0.1, 0.15) is 29.0 Å². The molecule has 0 aliphatic carbocycles. The highest BCUT2D eigenvalue weighted by molar-refractivity contribution is 7.10. The zero-order valence-electron chi connectivity index (χ0n) is 9.84. The minimum absolute atomic E-state index is 0.0756. The van der Waals surface area contributed by atoms with E-state index in [1.54, 1.807) is 29.5 Å². The van der Waals surface area contributed by atoms with Crippen molar-refractivity contribution in [3.8, 4) is 12.1 Å². The van der Waals surface area contributed by atoms with E-state index in [2.05, 4.69) is 17.5 Å². The Kier molecular flexibility index (Phi) is 3.62. The molecule has 2 aromatic rings. The van der Waals surface area contributed by atoms with E-state index in [0.717, 1.165) is 0 Å². The van der Waals surface area contributed by atoms with Gasteiger partial charge in [0.25, 0.3) is 0 Å². The van der Waals surface area contributed by atoms with Crippen LogP contribution in [0.25, 0.3) is 0 Å². The standard InChI is InChI=1S/C14H11N3S/c1-10(13-6-3-7-18-13)17-14-11(8-15)4-2-5-12(14)9-16/h2-7,10,17H,1H3. The van der Waals surface area contributed by atoms with Gasteiger partial charge in [0.15, 0.2) is 0 Å². The van der Waals surface area contributed by atoms with Crippen LogP contribution in [0.4, 0.5) is 5.69 Å². The molecular formula is C14H11N3S. The van der Waals surface area contributed by atoms with Gasteiger partial charge in [-0.05, 0) is 30.5 Å². The lowest BCUT2D eigenvalue weighted by molar-refractivity contribution is 0.906. The molecule has 0 aliphatic rings. The third-order valence-electron chi connectivity index (χ3n) is 2.64. The van der Waals surface area contributed by atoms with E-state index in [9.17, 15) is 0 Å². The number of anilines is 1. The number of nitriles is 2. The number of para-hydroxylation sites is 1. The van der Waals surface area contributed by atoms with Crippen LogP contribution < -0.4 is 5.32 Å². The monoisotopic (exact) mass is 253 g/mol. The maximum absolute atomic E-state index is 9.09. The Labute approximate surface area is 110 Å². The highest BCUT2D eigenvalue weighted by atomic mass is 32.1. The first-order valence-corrected chi connectivity index (χ1v) is 6.37. The fourth-order valence-corrected chi connectivity index (χ4v) is 2.45. The molecule has 0 spiro atoms. The topological polar surface area (TPSA) is 59.6 Å². The van der Waals surface area contributed by atoms with E-state index in [4.69, 9.17) is 10.5 Å². The minimum atomic E-state index is 0.0756. The van der Waals surface area contributed by atoms with Crippen molar-refractivity contribution in [2.75, 3.05) is 5.32 Å². The quantitative estimate of drug-likeness (QED) is 0.908. The molecule has 0 amide bonds. The van der Waals surface area contributed by atoms with Crippen LogP contribution in [0.5, 0.6) is 0 Å². The normalized spacial score (nSPS) is 11.3. The Balaban J connectivity index is 2.35. The number of nitrogens with one attached hydrogen (secondary N) is 1. The first-order valence-electron chi connectivity index (χ1n) is 5.49. The molecule has 0 radical (unpaired) electrons. The van der Waals surface area contributed by atoms with Crippen molar-refractivity contribution in [2.45, 2.75) is 13.0 Å². The Morgan fingerprint density at radius 1 is 1.11 bits per heavy atom. The van der Waals surface area contributed by atoms with Crippen LogP contribution in [0.3, 0.4) is 0 Å². The molecule has 0 aliphatic heterocycles. The molecule has 1 heterocycles. The molecule has 3 nitrogen and oxygen atoms in total. The summed E-state index contributed by atoms with van der Waals surface area (Å²) in [7, 11) is 0. The van der Waals surface area contributed by atoms with Crippen molar-refractivity contribution in [2.24, 2.45) is 0 Å². The lowest BCUT2D eigenvalue weighted by atomic mass is 10.1. The summed E-state index contributed by atoms with van der Waals surface area (Å²) in [6.45, 7) is 2.02. The highest BCUT2D eigenvalue weighted by Crippen LogP contribution is 2.27. The molecule has 1 atom stereocenters. The summed E-state index contributed by atoms with van der Waals surface area (Å²) in [5, 5.41) is 23.4. The van der Waals surface area contributed by atoms with Gasteiger partial charge in [0.05, 0.1) is 22.9 Å². The summed E-state index contributed by atoms with van der Waals surface area (Å²) >= 11 is 1.65. The molecule has 18 heavy (non-hydrogen) atoms. The zero-order valence-corrected chi connectivity index (χ0v) is 10.7. The number of rotatable bonds is 3. The van der Waals surface area contributed by atoms with Crippen molar-refractivity contribution < 1.29 is 0 Å². The largest absolute Gasteiger partial charge is 0.376 e. The third kappa shape index (κ3) is 2.34. The summed E-state index contributed by atoms with van der Waals surface area (Å²) in [6, 6.07) is 13.5. The lowest BCUT2D eigenvalue weighted by Crippen LogP contribution is -2.07. The van der Waals surface area contributed by atoms with Crippen LogP contribution in [-0.4, -0.2) is 0 Å². The van der Waals surface area contributed by atoms with Crippen molar-refractivity contribution in [3.05, 3.63) is 51.7 Å². The molecule has 1 unspecified atom stereocenters. The minimum Gasteiger partial charge on any atom is -0.376 e. The van der Waals surface area contributed by atoms with Crippen LogP contribution in [0, 0.1) is 22.7 Å². The molecule has 4 heteroatoms. The second-order valence-electron chi connectivity index (χ2n) is 3.83. The fourth-order valence-electron chi connectivity index (χ4n) is 1.72. The maximum Gasteiger partial charge on any atom is 0.101 e. The van der Waals surface area contributed by atoms with Gasteiger partial charge in [0.2, 0.25) is 0 Å². The van der Waals surface area contributed by atoms with Gasteiger partial charge < -0.3 is 5.32 Å². The number of benzene rings is 1. The van der Waals surface area contributed by atoms with Crippen LogP contribution >= 0.6 is 11.3 Å². The predicted molar refractivity (Wildman–Crippen MR) is 72.2 cm³/mol. The van der Waals surface area contributed by atoms with Gasteiger partial charge in [-0.1, -0.05) is 12.1 Å². The van der Waals surface area contributed by atoms with Gasteiger partial charge >= 0.3 is 0 Å². The molecule has 0 bridgehead atoms. The number of thiophene rings is 1. The fraction of sp³-hybridized carbons (Fsp3) is 0.143. The Hall–Kier alpha value is -2.30. The average molecular weight is 253 g/mol.